The summed E-state index contributed by atoms with van der Waals surface area (Å²) >= 11 is 0. The zero-order valence-corrected chi connectivity index (χ0v) is 15.8. The van der Waals surface area contributed by atoms with Crippen molar-refractivity contribution in [3.8, 4) is 0 Å². The van der Waals surface area contributed by atoms with Crippen LogP contribution >= 0.6 is 0 Å². The van der Waals surface area contributed by atoms with Gasteiger partial charge in [0.2, 0.25) is 5.89 Å². The Morgan fingerprint density at radius 3 is 2.86 bits per heavy atom. The third-order valence-electron chi connectivity index (χ3n) is 5.54. The largest absolute Gasteiger partial charge is 0.417 e. The molecule has 8 nitrogen and oxygen atoms in total. The van der Waals surface area contributed by atoms with E-state index >= 15 is 0 Å². The maximum atomic E-state index is 13.0. The predicted octanol–water partition coefficient (Wildman–Crippen LogP) is 1.93. The molecule has 5 rings (SSSR count). The van der Waals surface area contributed by atoms with Crippen LogP contribution in [0.2, 0.25) is 0 Å². The Kier molecular flexibility index (Phi) is 4.12. The molecule has 0 radical (unpaired) electrons. The van der Waals surface area contributed by atoms with Gasteiger partial charge >= 0.3 is 11.8 Å². The fraction of sp³-hybridized carbons (Fsp3) is 0.286. The van der Waals surface area contributed by atoms with Gasteiger partial charge in [-0.05, 0) is 35.4 Å². The molecule has 2 amide bonds. The number of carbonyl (C=O) groups is 2. The van der Waals surface area contributed by atoms with Crippen molar-refractivity contribution in [1.29, 1.82) is 0 Å². The van der Waals surface area contributed by atoms with Gasteiger partial charge in [-0.1, -0.05) is 36.4 Å². The van der Waals surface area contributed by atoms with E-state index in [0.717, 1.165) is 17.5 Å². The molecule has 3 atom stereocenters. The molecule has 1 saturated carbocycles. The van der Waals surface area contributed by atoms with Crippen LogP contribution in [0, 0.1) is 5.92 Å². The SMILES string of the molecule is CN1C(=O)C(NC(=O)c2nnc(Cc3ccccc3)o2)C2CC2c2cccnc21. The number of benzene rings is 1. The number of aromatic nitrogens is 3. The second-order valence-corrected chi connectivity index (χ2v) is 7.43. The molecule has 1 N–H and O–H groups in total. The lowest BCUT2D eigenvalue weighted by atomic mass is 10.1. The molecule has 3 heterocycles. The molecule has 3 unspecified atom stereocenters. The molecule has 0 bridgehead atoms. The van der Waals surface area contributed by atoms with Crippen LogP contribution in [-0.4, -0.2) is 40.1 Å². The van der Waals surface area contributed by atoms with Gasteiger partial charge in [0.25, 0.3) is 5.91 Å². The average Bonchev–Trinajstić information content (AvgIpc) is 3.41. The number of hydrogen-bond acceptors (Lipinski definition) is 6. The molecule has 3 aromatic rings. The van der Waals surface area contributed by atoms with Crippen LogP contribution in [0.15, 0.2) is 53.1 Å². The van der Waals surface area contributed by atoms with Crippen molar-refractivity contribution < 1.29 is 14.0 Å². The number of rotatable bonds is 4. The van der Waals surface area contributed by atoms with E-state index in [9.17, 15) is 9.59 Å². The molecular weight excluding hydrogens is 370 g/mol. The molecule has 2 aromatic heterocycles. The van der Waals surface area contributed by atoms with Crippen LogP contribution in [0.1, 0.15) is 40.0 Å². The Morgan fingerprint density at radius 1 is 1.21 bits per heavy atom. The highest BCUT2D eigenvalue weighted by atomic mass is 16.4. The van der Waals surface area contributed by atoms with Gasteiger partial charge in [0.15, 0.2) is 0 Å². The fourth-order valence-corrected chi connectivity index (χ4v) is 3.97. The van der Waals surface area contributed by atoms with E-state index in [1.807, 2.05) is 42.5 Å². The number of nitrogens with zero attached hydrogens (tertiary/aromatic N) is 4. The summed E-state index contributed by atoms with van der Waals surface area (Å²) in [6.07, 6.45) is 2.95. The third kappa shape index (κ3) is 3.16. The lowest BCUT2D eigenvalue weighted by Gasteiger charge is -2.22. The van der Waals surface area contributed by atoms with Gasteiger partial charge in [0.05, 0.1) is 6.42 Å². The first-order chi connectivity index (χ1) is 14.1. The average molecular weight is 389 g/mol. The maximum Gasteiger partial charge on any atom is 0.309 e. The van der Waals surface area contributed by atoms with Crippen LogP contribution in [0.5, 0.6) is 0 Å². The summed E-state index contributed by atoms with van der Waals surface area (Å²) in [6.45, 7) is 0. The smallest absolute Gasteiger partial charge is 0.309 e. The minimum atomic E-state index is -0.642. The van der Waals surface area contributed by atoms with E-state index in [2.05, 4.69) is 20.5 Å². The lowest BCUT2D eigenvalue weighted by Crippen LogP contribution is -2.48. The maximum absolute atomic E-state index is 13.0. The van der Waals surface area contributed by atoms with Crippen LogP contribution in [0.25, 0.3) is 0 Å². The van der Waals surface area contributed by atoms with Gasteiger partial charge in [0, 0.05) is 13.2 Å². The van der Waals surface area contributed by atoms with Crippen LogP contribution in [0.4, 0.5) is 5.82 Å². The molecule has 8 heteroatoms. The van der Waals surface area contributed by atoms with Crippen LogP contribution in [-0.2, 0) is 11.2 Å². The van der Waals surface area contributed by atoms with E-state index in [1.54, 1.807) is 13.2 Å². The number of likely N-dealkylation sites (N-methyl/N-ethyl adjacent to an activating group) is 1. The Hall–Kier alpha value is -3.55. The highest BCUT2D eigenvalue weighted by molar-refractivity contribution is 6.02. The summed E-state index contributed by atoms with van der Waals surface area (Å²) in [5.41, 5.74) is 2.06. The van der Waals surface area contributed by atoms with Gasteiger partial charge in [-0.2, -0.15) is 0 Å². The molecule has 1 fully saturated rings. The molecular formula is C21H19N5O3. The summed E-state index contributed by atoms with van der Waals surface area (Å²) < 4.78 is 5.52. The third-order valence-corrected chi connectivity index (χ3v) is 5.54. The molecule has 1 aliphatic carbocycles. The normalized spacial score (nSPS) is 22.4. The van der Waals surface area contributed by atoms with E-state index in [0.29, 0.717) is 18.1 Å². The highest BCUT2D eigenvalue weighted by Crippen LogP contribution is 2.53. The zero-order valence-electron chi connectivity index (χ0n) is 15.8. The molecule has 1 aliphatic heterocycles. The standard InChI is InChI=1S/C21H19N5O3/c1-26-18-13(8-5-9-22-18)14-11-15(14)17(21(26)28)23-19(27)20-25-24-16(29-20)10-12-6-3-2-4-7-12/h2-9,14-15,17H,10-11H2,1H3,(H,23,27). The van der Waals surface area contributed by atoms with Gasteiger partial charge in [0.1, 0.15) is 11.9 Å². The van der Waals surface area contributed by atoms with Crippen molar-refractivity contribution in [2.45, 2.75) is 24.8 Å². The molecule has 0 saturated heterocycles. The summed E-state index contributed by atoms with van der Waals surface area (Å²) in [6, 6.07) is 12.9. The minimum absolute atomic E-state index is 0.0473. The highest BCUT2D eigenvalue weighted by Gasteiger charge is 2.52. The minimum Gasteiger partial charge on any atom is -0.417 e. The Labute approximate surface area is 167 Å². The van der Waals surface area contributed by atoms with E-state index < -0.39 is 11.9 Å². The summed E-state index contributed by atoms with van der Waals surface area (Å²) in [4.78, 5) is 31.5. The number of carbonyl (C=O) groups excluding carboxylic acids is 2. The monoisotopic (exact) mass is 389 g/mol. The Morgan fingerprint density at radius 2 is 2.03 bits per heavy atom. The first kappa shape index (κ1) is 17.5. The van der Waals surface area contributed by atoms with Crippen molar-refractivity contribution >= 4 is 17.6 Å². The number of anilines is 1. The van der Waals surface area contributed by atoms with E-state index in [4.69, 9.17) is 4.42 Å². The number of nitrogens with one attached hydrogen (secondary N) is 1. The van der Waals surface area contributed by atoms with Crippen molar-refractivity contribution in [1.82, 2.24) is 20.5 Å². The molecule has 1 aromatic carbocycles. The molecule has 2 aliphatic rings. The first-order valence-corrected chi connectivity index (χ1v) is 9.51. The quantitative estimate of drug-likeness (QED) is 0.732. The van der Waals surface area contributed by atoms with Gasteiger partial charge in [-0.25, -0.2) is 4.98 Å². The second kappa shape index (κ2) is 6.80. The van der Waals surface area contributed by atoms with Gasteiger partial charge < -0.3 is 9.73 Å². The van der Waals surface area contributed by atoms with Crippen molar-refractivity contribution in [2.24, 2.45) is 5.92 Å². The number of hydrogen-bond donors (Lipinski definition) is 1. The zero-order chi connectivity index (χ0) is 20.0. The lowest BCUT2D eigenvalue weighted by molar-refractivity contribution is -0.120. The van der Waals surface area contributed by atoms with Crippen molar-refractivity contribution in [3.05, 3.63) is 71.6 Å². The molecule has 146 valence electrons. The fourth-order valence-electron chi connectivity index (χ4n) is 3.97. The summed E-state index contributed by atoms with van der Waals surface area (Å²) in [7, 11) is 1.68. The van der Waals surface area contributed by atoms with Crippen LogP contribution in [0.3, 0.4) is 0 Å². The van der Waals surface area contributed by atoms with Crippen molar-refractivity contribution in [3.63, 3.8) is 0 Å². The Bertz CT molecular complexity index is 1080. The summed E-state index contributed by atoms with van der Waals surface area (Å²) in [5, 5.41) is 10.6. The van der Waals surface area contributed by atoms with Gasteiger partial charge in [-0.3, -0.25) is 14.5 Å². The van der Waals surface area contributed by atoms with E-state index in [-0.39, 0.29) is 23.6 Å². The second-order valence-electron chi connectivity index (χ2n) is 7.43. The molecule has 0 spiro atoms. The van der Waals surface area contributed by atoms with Crippen molar-refractivity contribution in [2.75, 3.05) is 11.9 Å². The molecule has 29 heavy (non-hydrogen) atoms. The Balaban J connectivity index is 1.32. The predicted molar refractivity (Wildman–Crippen MR) is 103 cm³/mol. The number of pyridine rings is 1. The topological polar surface area (TPSA) is 101 Å². The summed E-state index contributed by atoms with van der Waals surface area (Å²) in [5.74, 6) is 0.417. The first-order valence-electron chi connectivity index (χ1n) is 9.51. The van der Waals surface area contributed by atoms with E-state index in [1.165, 1.54) is 4.90 Å². The van der Waals surface area contributed by atoms with Gasteiger partial charge in [-0.15, -0.1) is 10.2 Å². The number of fused-ring (bicyclic) bond motifs is 3. The number of amides is 2. The van der Waals surface area contributed by atoms with Crippen LogP contribution < -0.4 is 10.2 Å².